The number of aromatic nitrogens is 2. The maximum Gasteiger partial charge on any atom is 0.273 e. The largest absolute Gasteiger partial charge is 0.351 e. The van der Waals surface area contributed by atoms with Crippen molar-refractivity contribution in [1.82, 2.24) is 15.3 Å². The zero-order valence-corrected chi connectivity index (χ0v) is 13.1. The first-order valence-corrected chi connectivity index (χ1v) is 7.81. The van der Waals surface area contributed by atoms with E-state index in [0.29, 0.717) is 15.8 Å². The van der Waals surface area contributed by atoms with Crippen LogP contribution in [0.4, 0.5) is 5.69 Å². The first-order valence-electron chi connectivity index (χ1n) is 6.99. The van der Waals surface area contributed by atoms with Crippen LogP contribution in [-0.2, 0) is 17.8 Å². The topological polar surface area (TPSA) is 118 Å². The third-order valence-corrected chi connectivity index (χ3v) is 4.43. The fraction of sp³-hybridized carbons (Fsp3) is 0.133. The number of para-hydroxylation sites is 1. The molecule has 2 aromatic heterocycles. The smallest absolute Gasteiger partial charge is 0.273 e. The van der Waals surface area contributed by atoms with Crippen molar-refractivity contribution in [1.29, 1.82) is 0 Å². The van der Waals surface area contributed by atoms with Crippen LogP contribution in [-0.4, -0.2) is 20.8 Å². The van der Waals surface area contributed by atoms with Crippen molar-refractivity contribution in [2.24, 2.45) is 0 Å². The average Bonchev–Trinajstić information content (AvgIpc) is 2.98. The number of aromatic amines is 1. The standard InChI is InChI=1S/C15H12N4O4S/c20-13(5-9-3-1-2-4-12(9)19(22)23)16-7-10-6-11-14(21)17-8-18-15(11)24-10/h1-4,6,8H,5,7H2,(H,16,20)(H,17,18,21). The van der Waals surface area contributed by atoms with Gasteiger partial charge in [0.1, 0.15) is 4.83 Å². The fourth-order valence-electron chi connectivity index (χ4n) is 2.26. The molecule has 122 valence electrons. The quantitative estimate of drug-likeness (QED) is 0.540. The van der Waals surface area contributed by atoms with Gasteiger partial charge >= 0.3 is 0 Å². The van der Waals surface area contributed by atoms with Crippen LogP contribution >= 0.6 is 11.3 Å². The molecule has 1 amide bonds. The summed E-state index contributed by atoms with van der Waals surface area (Å²) in [6.07, 6.45) is 1.25. The number of fused-ring (bicyclic) bond motifs is 1. The summed E-state index contributed by atoms with van der Waals surface area (Å²) in [7, 11) is 0. The van der Waals surface area contributed by atoms with E-state index in [1.807, 2.05) is 0 Å². The number of thiophene rings is 1. The molecule has 0 unspecified atom stereocenters. The van der Waals surface area contributed by atoms with Crippen LogP contribution in [0.15, 0.2) is 41.5 Å². The number of benzene rings is 1. The number of carbonyl (C=O) groups is 1. The molecule has 0 spiro atoms. The monoisotopic (exact) mass is 344 g/mol. The van der Waals surface area contributed by atoms with Crippen LogP contribution < -0.4 is 10.9 Å². The lowest BCUT2D eigenvalue weighted by molar-refractivity contribution is -0.385. The Kier molecular flexibility index (Phi) is 4.34. The van der Waals surface area contributed by atoms with Crippen LogP contribution in [0.3, 0.4) is 0 Å². The highest BCUT2D eigenvalue weighted by Gasteiger charge is 2.15. The van der Waals surface area contributed by atoms with Gasteiger partial charge in [-0.25, -0.2) is 4.98 Å². The molecule has 0 atom stereocenters. The summed E-state index contributed by atoms with van der Waals surface area (Å²) in [5, 5.41) is 14.1. The van der Waals surface area contributed by atoms with Crippen LogP contribution in [0, 0.1) is 10.1 Å². The number of hydrogen-bond acceptors (Lipinski definition) is 6. The maximum absolute atomic E-state index is 12.0. The van der Waals surface area contributed by atoms with E-state index >= 15 is 0 Å². The van der Waals surface area contributed by atoms with Gasteiger partial charge in [0, 0.05) is 16.5 Å². The molecule has 0 aliphatic heterocycles. The molecule has 2 N–H and O–H groups in total. The Morgan fingerprint density at radius 1 is 1.38 bits per heavy atom. The van der Waals surface area contributed by atoms with E-state index in [9.17, 15) is 19.7 Å². The first kappa shape index (κ1) is 15.8. The second-order valence-corrected chi connectivity index (χ2v) is 6.12. The van der Waals surface area contributed by atoms with E-state index in [0.717, 1.165) is 4.88 Å². The normalized spacial score (nSPS) is 10.7. The Labute approximate surface area is 139 Å². The van der Waals surface area contributed by atoms with E-state index in [2.05, 4.69) is 15.3 Å². The number of nitrogens with zero attached hydrogens (tertiary/aromatic N) is 2. The van der Waals surface area contributed by atoms with Gasteiger partial charge in [0.25, 0.3) is 11.2 Å². The Morgan fingerprint density at radius 3 is 2.92 bits per heavy atom. The number of nitro benzene ring substituents is 1. The second kappa shape index (κ2) is 6.59. The predicted octanol–water partition coefficient (Wildman–Crippen LogP) is 1.75. The summed E-state index contributed by atoms with van der Waals surface area (Å²) in [6, 6.07) is 7.81. The highest BCUT2D eigenvalue weighted by molar-refractivity contribution is 7.18. The molecule has 3 rings (SSSR count). The minimum absolute atomic E-state index is 0.0785. The zero-order chi connectivity index (χ0) is 17.1. The summed E-state index contributed by atoms with van der Waals surface area (Å²) in [4.78, 5) is 42.0. The fourth-order valence-corrected chi connectivity index (χ4v) is 3.20. The van der Waals surface area contributed by atoms with E-state index in [1.165, 1.54) is 23.7 Å². The maximum atomic E-state index is 12.0. The SMILES string of the molecule is O=C(Cc1ccccc1[N+](=O)[O-])NCc1cc2c(=O)[nH]cnc2s1. The van der Waals surface area contributed by atoms with E-state index in [4.69, 9.17) is 0 Å². The Morgan fingerprint density at radius 2 is 2.17 bits per heavy atom. The number of nitrogens with one attached hydrogen (secondary N) is 2. The van der Waals surface area contributed by atoms with Gasteiger partial charge in [-0.15, -0.1) is 11.3 Å². The molecule has 0 fully saturated rings. The van der Waals surface area contributed by atoms with Crippen LogP contribution in [0.1, 0.15) is 10.4 Å². The number of nitro groups is 1. The number of hydrogen-bond donors (Lipinski definition) is 2. The minimum atomic E-state index is -0.507. The summed E-state index contributed by atoms with van der Waals surface area (Å²) < 4.78 is 0. The van der Waals surface area contributed by atoms with Gasteiger partial charge in [0.05, 0.1) is 29.6 Å². The van der Waals surface area contributed by atoms with Gasteiger partial charge in [0.2, 0.25) is 5.91 Å². The summed E-state index contributed by atoms with van der Waals surface area (Å²) in [5.74, 6) is -0.330. The molecule has 9 heteroatoms. The first-order chi connectivity index (χ1) is 11.5. The zero-order valence-electron chi connectivity index (χ0n) is 12.3. The molecule has 0 bridgehead atoms. The molecule has 8 nitrogen and oxygen atoms in total. The van der Waals surface area contributed by atoms with Gasteiger partial charge in [-0.1, -0.05) is 18.2 Å². The number of carbonyl (C=O) groups excluding carboxylic acids is 1. The highest BCUT2D eigenvalue weighted by atomic mass is 32.1. The van der Waals surface area contributed by atoms with E-state index in [1.54, 1.807) is 24.3 Å². The van der Waals surface area contributed by atoms with Crippen molar-refractivity contribution in [3.05, 3.63) is 67.6 Å². The lowest BCUT2D eigenvalue weighted by atomic mass is 10.1. The van der Waals surface area contributed by atoms with Gasteiger partial charge in [-0.3, -0.25) is 19.7 Å². The summed E-state index contributed by atoms with van der Waals surface area (Å²) in [6.45, 7) is 0.236. The number of rotatable bonds is 5. The third-order valence-electron chi connectivity index (χ3n) is 3.38. The van der Waals surface area contributed by atoms with E-state index in [-0.39, 0.29) is 30.1 Å². The Hall–Kier alpha value is -3.07. The van der Waals surface area contributed by atoms with Gasteiger partial charge in [0.15, 0.2) is 0 Å². The molecular weight excluding hydrogens is 332 g/mol. The Balaban J connectivity index is 1.68. The van der Waals surface area contributed by atoms with Crippen molar-refractivity contribution in [2.75, 3.05) is 0 Å². The summed E-state index contributed by atoms with van der Waals surface area (Å²) in [5.41, 5.74) is 0.0495. The molecule has 0 saturated heterocycles. The lowest BCUT2D eigenvalue weighted by Gasteiger charge is -2.04. The van der Waals surface area contributed by atoms with Crippen LogP contribution in [0.25, 0.3) is 10.2 Å². The molecule has 0 saturated carbocycles. The minimum Gasteiger partial charge on any atom is -0.351 e. The Bertz CT molecular complexity index is 979. The molecule has 24 heavy (non-hydrogen) atoms. The van der Waals surface area contributed by atoms with Gasteiger partial charge in [-0.2, -0.15) is 0 Å². The average molecular weight is 344 g/mol. The van der Waals surface area contributed by atoms with Crippen molar-refractivity contribution in [2.45, 2.75) is 13.0 Å². The summed E-state index contributed by atoms with van der Waals surface area (Å²) >= 11 is 1.31. The van der Waals surface area contributed by atoms with Crippen LogP contribution in [0.2, 0.25) is 0 Å². The van der Waals surface area contributed by atoms with Crippen molar-refractivity contribution < 1.29 is 9.72 Å². The molecule has 0 aliphatic rings. The number of H-pyrrole nitrogens is 1. The highest BCUT2D eigenvalue weighted by Crippen LogP contribution is 2.21. The van der Waals surface area contributed by atoms with E-state index < -0.39 is 4.92 Å². The van der Waals surface area contributed by atoms with Crippen molar-refractivity contribution in [3.63, 3.8) is 0 Å². The molecule has 0 aliphatic carbocycles. The third kappa shape index (κ3) is 3.30. The second-order valence-electron chi connectivity index (χ2n) is 5.00. The lowest BCUT2D eigenvalue weighted by Crippen LogP contribution is -2.24. The van der Waals surface area contributed by atoms with Gasteiger partial charge < -0.3 is 10.3 Å². The number of amides is 1. The van der Waals surface area contributed by atoms with Crippen molar-refractivity contribution in [3.8, 4) is 0 Å². The molecule has 0 radical (unpaired) electrons. The molecule has 2 heterocycles. The molecule has 1 aromatic carbocycles. The molecular formula is C15H12N4O4S. The van der Waals surface area contributed by atoms with Gasteiger partial charge in [-0.05, 0) is 6.07 Å². The predicted molar refractivity (Wildman–Crippen MR) is 88.9 cm³/mol. The van der Waals surface area contributed by atoms with Crippen molar-refractivity contribution >= 4 is 33.1 Å². The molecule has 3 aromatic rings. The van der Waals surface area contributed by atoms with Crippen LogP contribution in [0.5, 0.6) is 0 Å².